The lowest BCUT2D eigenvalue weighted by Gasteiger charge is -2.29. The molecule has 0 spiro atoms. The Morgan fingerprint density at radius 3 is 2.42 bits per heavy atom. The van der Waals surface area contributed by atoms with E-state index < -0.39 is 11.8 Å². The van der Waals surface area contributed by atoms with Crippen molar-refractivity contribution >= 4 is 40.7 Å². The van der Waals surface area contributed by atoms with Crippen LogP contribution in [0.2, 0.25) is 0 Å². The number of imide groups is 1. The average Bonchev–Trinajstić information content (AvgIpc) is 3.11. The Labute approximate surface area is 213 Å². The number of rotatable bonds is 5. The standard InChI is InChI=1S/C28H24ClN3O4/c1-17-7-12-23(36-2)22(15-17)32-27(34)24(29)25(28(32)35)30-21-10-8-19(9-11-21)26(33)31-14-13-18-5-3-4-6-20(18)16-31/h3-12,15,30H,13-14,16H2,1-2H3. The van der Waals surface area contributed by atoms with Crippen LogP contribution >= 0.6 is 11.6 Å². The minimum atomic E-state index is -0.634. The van der Waals surface area contributed by atoms with E-state index in [-0.39, 0.29) is 16.6 Å². The van der Waals surface area contributed by atoms with E-state index in [0.29, 0.717) is 35.8 Å². The average molecular weight is 502 g/mol. The molecule has 5 rings (SSSR count). The number of aryl methyl sites for hydroxylation is 1. The van der Waals surface area contributed by atoms with Crippen LogP contribution in [0.5, 0.6) is 5.75 Å². The zero-order chi connectivity index (χ0) is 25.4. The Morgan fingerprint density at radius 2 is 1.69 bits per heavy atom. The van der Waals surface area contributed by atoms with E-state index >= 15 is 0 Å². The van der Waals surface area contributed by atoms with Gasteiger partial charge in [0, 0.05) is 24.3 Å². The van der Waals surface area contributed by atoms with Crippen LogP contribution in [0.25, 0.3) is 0 Å². The molecule has 0 saturated carbocycles. The Hall–Kier alpha value is -4.10. The van der Waals surface area contributed by atoms with Crippen LogP contribution in [0, 0.1) is 6.92 Å². The van der Waals surface area contributed by atoms with Crippen LogP contribution in [-0.4, -0.2) is 36.3 Å². The van der Waals surface area contributed by atoms with Crippen molar-refractivity contribution in [2.24, 2.45) is 0 Å². The third kappa shape index (κ3) is 4.22. The first kappa shape index (κ1) is 23.6. The molecule has 0 saturated heterocycles. The summed E-state index contributed by atoms with van der Waals surface area (Å²) in [5.74, 6) is -0.888. The number of carbonyl (C=O) groups is 3. The topological polar surface area (TPSA) is 79.0 Å². The van der Waals surface area contributed by atoms with Gasteiger partial charge in [0.15, 0.2) is 0 Å². The van der Waals surface area contributed by atoms with Crippen LogP contribution in [0.15, 0.2) is 77.5 Å². The monoisotopic (exact) mass is 501 g/mol. The molecule has 1 N–H and O–H groups in total. The van der Waals surface area contributed by atoms with Crippen molar-refractivity contribution < 1.29 is 19.1 Å². The second-order valence-electron chi connectivity index (χ2n) is 8.76. The summed E-state index contributed by atoms with van der Waals surface area (Å²) in [6, 6.07) is 20.1. The predicted octanol–water partition coefficient (Wildman–Crippen LogP) is 4.64. The van der Waals surface area contributed by atoms with E-state index in [1.807, 2.05) is 30.0 Å². The maximum atomic E-state index is 13.2. The van der Waals surface area contributed by atoms with Crippen molar-refractivity contribution in [1.29, 1.82) is 0 Å². The Kier molecular flexibility index (Phi) is 6.24. The smallest absolute Gasteiger partial charge is 0.283 e. The Bertz CT molecular complexity index is 1410. The summed E-state index contributed by atoms with van der Waals surface area (Å²) in [4.78, 5) is 41.9. The number of nitrogens with zero attached hydrogens (tertiary/aromatic N) is 2. The number of nitrogens with one attached hydrogen (secondary N) is 1. The fourth-order valence-electron chi connectivity index (χ4n) is 4.50. The number of anilines is 2. The quantitative estimate of drug-likeness (QED) is 0.515. The number of ether oxygens (including phenoxy) is 1. The third-order valence-electron chi connectivity index (χ3n) is 6.42. The SMILES string of the molecule is COc1ccc(C)cc1N1C(=O)C(Cl)=C(Nc2ccc(C(=O)N3CCc4ccccc4C3)cc2)C1=O. The Morgan fingerprint density at radius 1 is 0.972 bits per heavy atom. The normalized spacial score (nSPS) is 15.3. The molecule has 0 atom stereocenters. The third-order valence-corrected chi connectivity index (χ3v) is 6.77. The van der Waals surface area contributed by atoms with Gasteiger partial charge in [0.25, 0.3) is 17.7 Å². The fraction of sp³-hybridized carbons (Fsp3) is 0.179. The summed E-state index contributed by atoms with van der Waals surface area (Å²) in [7, 11) is 1.47. The number of amides is 3. The second-order valence-corrected chi connectivity index (χ2v) is 9.14. The van der Waals surface area contributed by atoms with Crippen LogP contribution in [0.3, 0.4) is 0 Å². The van der Waals surface area contributed by atoms with Crippen molar-refractivity contribution in [3.63, 3.8) is 0 Å². The highest BCUT2D eigenvalue weighted by Gasteiger charge is 2.40. The van der Waals surface area contributed by atoms with Gasteiger partial charge in [0.2, 0.25) is 0 Å². The summed E-state index contributed by atoms with van der Waals surface area (Å²) >= 11 is 6.28. The molecule has 0 fully saturated rings. The zero-order valence-electron chi connectivity index (χ0n) is 19.9. The molecule has 7 nitrogen and oxygen atoms in total. The number of hydrogen-bond acceptors (Lipinski definition) is 5. The maximum Gasteiger partial charge on any atom is 0.283 e. The maximum absolute atomic E-state index is 13.2. The van der Waals surface area contributed by atoms with Crippen molar-refractivity contribution in [1.82, 2.24) is 4.90 Å². The van der Waals surface area contributed by atoms with Crippen molar-refractivity contribution in [2.45, 2.75) is 19.9 Å². The molecule has 0 bridgehead atoms. The van der Waals surface area contributed by atoms with Crippen LogP contribution in [0.4, 0.5) is 11.4 Å². The van der Waals surface area contributed by atoms with Crippen LogP contribution < -0.4 is 15.0 Å². The van der Waals surface area contributed by atoms with Gasteiger partial charge in [-0.2, -0.15) is 0 Å². The zero-order valence-corrected chi connectivity index (χ0v) is 20.6. The molecular formula is C28H24ClN3O4. The lowest BCUT2D eigenvalue weighted by Crippen LogP contribution is -2.35. The fourth-order valence-corrected chi connectivity index (χ4v) is 4.71. The summed E-state index contributed by atoms with van der Waals surface area (Å²) in [6.45, 7) is 3.09. The van der Waals surface area contributed by atoms with Gasteiger partial charge in [-0.15, -0.1) is 0 Å². The summed E-state index contributed by atoms with van der Waals surface area (Å²) in [5, 5.41) is 2.74. The summed E-state index contributed by atoms with van der Waals surface area (Å²) < 4.78 is 5.34. The van der Waals surface area contributed by atoms with Crippen LogP contribution in [0.1, 0.15) is 27.0 Å². The highest BCUT2D eigenvalue weighted by Crippen LogP contribution is 2.36. The van der Waals surface area contributed by atoms with E-state index in [9.17, 15) is 14.4 Å². The molecule has 0 aromatic heterocycles. The number of halogens is 1. The first-order valence-corrected chi connectivity index (χ1v) is 11.9. The molecule has 182 valence electrons. The van der Waals surface area contributed by atoms with E-state index in [1.54, 1.807) is 36.4 Å². The van der Waals surface area contributed by atoms with Gasteiger partial charge in [-0.3, -0.25) is 14.4 Å². The van der Waals surface area contributed by atoms with Gasteiger partial charge in [0.05, 0.1) is 12.8 Å². The lowest BCUT2D eigenvalue weighted by molar-refractivity contribution is -0.120. The molecule has 2 aliphatic heterocycles. The largest absolute Gasteiger partial charge is 0.495 e. The molecule has 0 aliphatic carbocycles. The Balaban J connectivity index is 1.32. The first-order valence-electron chi connectivity index (χ1n) is 11.5. The van der Waals surface area contributed by atoms with E-state index in [4.69, 9.17) is 16.3 Å². The number of hydrogen-bond donors (Lipinski definition) is 1. The van der Waals surface area contributed by atoms with Gasteiger partial charge < -0.3 is 15.0 Å². The number of benzene rings is 3. The van der Waals surface area contributed by atoms with Crippen molar-refractivity contribution in [3.8, 4) is 5.75 Å². The summed E-state index contributed by atoms with van der Waals surface area (Å²) in [5.41, 5.74) is 4.67. The highest BCUT2D eigenvalue weighted by atomic mass is 35.5. The molecule has 0 radical (unpaired) electrons. The lowest BCUT2D eigenvalue weighted by atomic mass is 9.99. The van der Waals surface area contributed by atoms with Gasteiger partial charge in [0.1, 0.15) is 16.5 Å². The molecule has 0 unspecified atom stereocenters. The number of fused-ring (bicyclic) bond motifs is 1. The van der Waals surface area contributed by atoms with Gasteiger partial charge >= 0.3 is 0 Å². The molecular weight excluding hydrogens is 478 g/mol. The number of carbonyl (C=O) groups excluding carboxylic acids is 3. The second kappa shape index (κ2) is 9.51. The number of methoxy groups -OCH3 is 1. The van der Waals surface area contributed by atoms with E-state index in [2.05, 4.69) is 17.4 Å². The van der Waals surface area contributed by atoms with E-state index in [1.165, 1.54) is 12.7 Å². The molecule has 2 aliphatic rings. The molecule has 3 amide bonds. The van der Waals surface area contributed by atoms with Crippen LogP contribution in [-0.2, 0) is 22.6 Å². The first-order chi connectivity index (χ1) is 17.4. The van der Waals surface area contributed by atoms with Gasteiger partial charge in [-0.05, 0) is 66.4 Å². The van der Waals surface area contributed by atoms with Gasteiger partial charge in [-0.1, -0.05) is 41.9 Å². The van der Waals surface area contributed by atoms with Crippen molar-refractivity contribution in [3.05, 3.63) is 99.7 Å². The molecule has 36 heavy (non-hydrogen) atoms. The molecule has 2 heterocycles. The minimum Gasteiger partial charge on any atom is -0.495 e. The minimum absolute atomic E-state index is 0.0306. The predicted molar refractivity (Wildman–Crippen MR) is 138 cm³/mol. The molecule has 8 heteroatoms. The van der Waals surface area contributed by atoms with Gasteiger partial charge in [-0.25, -0.2) is 4.90 Å². The molecule has 3 aromatic rings. The highest BCUT2D eigenvalue weighted by molar-refractivity contribution is 6.53. The van der Waals surface area contributed by atoms with E-state index in [0.717, 1.165) is 22.4 Å². The molecule has 3 aromatic carbocycles. The van der Waals surface area contributed by atoms with Crippen molar-refractivity contribution in [2.75, 3.05) is 23.9 Å². The summed E-state index contributed by atoms with van der Waals surface area (Å²) in [6.07, 6.45) is 0.826.